The molecule has 0 aliphatic carbocycles. The largest absolute Gasteiger partial charge is 0.469 e. The molecular weight excluding hydrogens is 510 g/mol. The minimum atomic E-state index is -0.199. The molecule has 40 heavy (non-hydrogen) atoms. The zero-order valence-corrected chi connectivity index (χ0v) is 25.1. The second kappa shape index (κ2) is 16.9. The minimum absolute atomic E-state index is 0.0165. The Labute approximate surface area is 237 Å². The molecule has 1 aliphatic heterocycles. The smallest absolute Gasteiger partial charge is 0.244 e. The summed E-state index contributed by atoms with van der Waals surface area (Å²) in [6.45, 7) is 22.5. The molecule has 0 bridgehead atoms. The molecule has 0 aromatic carbocycles. The average molecular weight is 556 g/mol. The van der Waals surface area contributed by atoms with Crippen LogP contribution in [0.3, 0.4) is 0 Å². The molecule has 2 aromatic heterocycles. The fourth-order valence-electron chi connectivity index (χ4n) is 3.91. The highest BCUT2D eigenvalue weighted by atomic mass is 16.5. The number of amidine groups is 1. The first kappa shape index (κ1) is 34.1. The Morgan fingerprint density at radius 2 is 2.00 bits per heavy atom. The number of ether oxygens (including phenoxy) is 1. The minimum Gasteiger partial charge on any atom is -0.469 e. The van der Waals surface area contributed by atoms with E-state index in [-0.39, 0.29) is 36.6 Å². The van der Waals surface area contributed by atoms with Crippen molar-refractivity contribution in [2.45, 2.75) is 80.3 Å². The summed E-state index contributed by atoms with van der Waals surface area (Å²) in [5, 5.41) is 7.57. The molecule has 1 aliphatic rings. The second-order valence-electron chi connectivity index (χ2n) is 10.2. The molecule has 0 saturated carbocycles. The molecule has 0 spiro atoms. The predicted octanol–water partition coefficient (Wildman–Crippen LogP) is 4.46. The Bertz CT molecular complexity index is 1180. The number of rotatable bonds is 10. The third-order valence-electron chi connectivity index (χ3n) is 5.98. The number of nitrogens with zero attached hydrogens (tertiary/aromatic N) is 6. The van der Waals surface area contributed by atoms with Gasteiger partial charge in [0.2, 0.25) is 18.2 Å². The van der Waals surface area contributed by atoms with Crippen LogP contribution in [0.25, 0.3) is 10.9 Å². The fourth-order valence-corrected chi connectivity index (χ4v) is 3.91. The lowest BCUT2D eigenvalue weighted by molar-refractivity contribution is -0.132. The number of aliphatic imine (C=N–C) groups is 2. The molecule has 1 saturated heterocycles. The van der Waals surface area contributed by atoms with E-state index in [1.807, 2.05) is 25.7 Å². The number of likely N-dealkylation sites (tertiary alicyclic amines) is 1. The van der Waals surface area contributed by atoms with E-state index in [9.17, 15) is 14.4 Å². The van der Waals surface area contributed by atoms with Gasteiger partial charge in [0.15, 0.2) is 11.6 Å². The van der Waals surface area contributed by atoms with Gasteiger partial charge in [-0.25, -0.2) is 15.0 Å². The van der Waals surface area contributed by atoms with E-state index in [4.69, 9.17) is 4.74 Å². The molecule has 1 unspecified atom stereocenters. The SMILES string of the molecule is C=CN=C(COc1cc2c(C(C)=O)nn(CC(=O)N3CCCC3C)c2cn1)N=C.CC.CC(C)(C)CCNC=O. The van der Waals surface area contributed by atoms with Crippen LogP contribution in [0.5, 0.6) is 5.88 Å². The van der Waals surface area contributed by atoms with E-state index >= 15 is 0 Å². The van der Waals surface area contributed by atoms with E-state index in [2.05, 4.69) is 59.5 Å². The highest BCUT2D eigenvalue weighted by molar-refractivity contribution is 6.05. The standard InChI is InChI=1S/C20H24N6O3.C7H15NO.C2H6/c1-5-22-17(21-4)12-29-18-9-15-16(10-23-18)26(24-20(15)14(3)27)11-19(28)25-8-6-7-13(25)2;1-7(2,3)4-5-8-6-9;1-2/h5,9-10,13H,1,4,6-8,11-12H2,2-3H3;6H,4-5H2,1-3H3,(H,8,9);1-2H3. The fraction of sp³-hybridized carbons (Fsp3) is 0.552. The molecule has 11 heteroatoms. The molecule has 1 N–H and O–H groups in total. The maximum absolute atomic E-state index is 12.7. The first-order valence-corrected chi connectivity index (χ1v) is 13.6. The Kier molecular flexibility index (Phi) is 14.5. The third kappa shape index (κ3) is 10.7. The molecule has 0 radical (unpaired) electrons. The number of nitrogens with one attached hydrogen (secondary N) is 1. The Morgan fingerprint density at radius 3 is 2.52 bits per heavy atom. The molecule has 1 atom stereocenters. The highest BCUT2D eigenvalue weighted by Gasteiger charge is 2.26. The van der Waals surface area contributed by atoms with Crippen LogP contribution in [-0.2, 0) is 16.1 Å². The Hall–Kier alpha value is -3.89. The van der Waals surface area contributed by atoms with Crippen LogP contribution in [0.2, 0.25) is 0 Å². The second-order valence-corrected chi connectivity index (χ2v) is 10.2. The number of aromatic nitrogens is 3. The number of ketones is 1. The summed E-state index contributed by atoms with van der Waals surface area (Å²) in [6.07, 6.45) is 6.68. The van der Waals surface area contributed by atoms with Crippen molar-refractivity contribution >= 4 is 41.6 Å². The van der Waals surface area contributed by atoms with Gasteiger partial charge in [-0.3, -0.25) is 19.1 Å². The summed E-state index contributed by atoms with van der Waals surface area (Å²) in [5.41, 5.74) is 1.21. The number of hydrogen-bond donors (Lipinski definition) is 1. The third-order valence-corrected chi connectivity index (χ3v) is 5.98. The Balaban J connectivity index is 0.000000621. The van der Waals surface area contributed by atoms with Crippen LogP contribution < -0.4 is 10.1 Å². The van der Waals surface area contributed by atoms with Gasteiger partial charge in [-0.05, 0) is 38.3 Å². The van der Waals surface area contributed by atoms with E-state index in [1.165, 1.54) is 17.8 Å². The van der Waals surface area contributed by atoms with Gasteiger partial charge in [0.25, 0.3) is 0 Å². The van der Waals surface area contributed by atoms with E-state index in [1.54, 1.807) is 12.3 Å². The van der Waals surface area contributed by atoms with Gasteiger partial charge in [0.1, 0.15) is 18.8 Å². The molecule has 2 amide bonds. The zero-order chi connectivity index (χ0) is 30.3. The maximum atomic E-state index is 12.7. The van der Waals surface area contributed by atoms with Gasteiger partial charge in [0.05, 0.1) is 11.7 Å². The van der Waals surface area contributed by atoms with Crippen molar-refractivity contribution in [3.63, 3.8) is 0 Å². The molecule has 11 nitrogen and oxygen atoms in total. The lowest BCUT2D eigenvalue weighted by atomic mass is 9.92. The van der Waals surface area contributed by atoms with Gasteiger partial charge in [0, 0.05) is 43.7 Å². The monoisotopic (exact) mass is 555 g/mol. The van der Waals surface area contributed by atoms with Crippen molar-refractivity contribution in [2.24, 2.45) is 15.4 Å². The van der Waals surface area contributed by atoms with E-state index in [0.717, 1.165) is 38.8 Å². The lowest BCUT2D eigenvalue weighted by Gasteiger charge is -2.21. The average Bonchev–Trinajstić information content (AvgIpc) is 3.51. The lowest BCUT2D eigenvalue weighted by Crippen LogP contribution is -2.36. The molecule has 2 aromatic rings. The number of carbonyl (C=O) groups is 3. The van der Waals surface area contributed by atoms with Gasteiger partial charge >= 0.3 is 0 Å². The molecule has 220 valence electrons. The van der Waals surface area contributed by atoms with Gasteiger partial charge in [-0.2, -0.15) is 5.10 Å². The number of Topliss-reactive ketones (excluding diaryl/α,β-unsaturated/α-hetero) is 1. The van der Waals surface area contributed by atoms with Crippen molar-refractivity contribution < 1.29 is 19.1 Å². The number of pyridine rings is 1. The normalized spacial score (nSPS) is 14.8. The summed E-state index contributed by atoms with van der Waals surface area (Å²) < 4.78 is 7.13. The zero-order valence-electron chi connectivity index (χ0n) is 25.1. The predicted molar refractivity (Wildman–Crippen MR) is 160 cm³/mol. The maximum Gasteiger partial charge on any atom is 0.244 e. The van der Waals surface area contributed by atoms with Crippen molar-refractivity contribution in [3.05, 3.63) is 30.7 Å². The molecule has 3 heterocycles. The summed E-state index contributed by atoms with van der Waals surface area (Å²) in [4.78, 5) is 48.4. The first-order chi connectivity index (χ1) is 19.0. The van der Waals surface area contributed by atoms with Crippen LogP contribution >= 0.6 is 0 Å². The number of carbonyl (C=O) groups excluding carboxylic acids is 3. The number of amides is 2. The van der Waals surface area contributed by atoms with Crippen LogP contribution in [0.1, 0.15) is 78.2 Å². The number of hydrogen-bond acceptors (Lipinski definition) is 7. The number of fused-ring (bicyclic) bond motifs is 1. The topological polar surface area (TPSA) is 131 Å². The van der Waals surface area contributed by atoms with Crippen molar-refractivity contribution in [1.82, 2.24) is 25.0 Å². The highest BCUT2D eigenvalue weighted by Crippen LogP contribution is 2.24. The van der Waals surface area contributed by atoms with E-state index < -0.39 is 0 Å². The van der Waals surface area contributed by atoms with Gasteiger partial charge < -0.3 is 15.0 Å². The molecular formula is C29H45N7O4. The quantitative estimate of drug-likeness (QED) is 0.151. The summed E-state index contributed by atoms with van der Waals surface area (Å²) in [6, 6.07) is 1.85. The molecule has 3 rings (SSSR count). The van der Waals surface area contributed by atoms with Crippen LogP contribution in [0.15, 0.2) is 35.0 Å². The Morgan fingerprint density at radius 1 is 1.30 bits per heavy atom. The van der Waals surface area contributed by atoms with Crippen molar-refractivity contribution in [3.8, 4) is 5.88 Å². The van der Waals surface area contributed by atoms with Crippen LogP contribution in [-0.4, -0.2) is 76.1 Å². The van der Waals surface area contributed by atoms with Crippen molar-refractivity contribution in [2.75, 3.05) is 19.7 Å². The van der Waals surface area contributed by atoms with Crippen LogP contribution in [0.4, 0.5) is 0 Å². The summed E-state index contributed by atoms with van der Waals surface area (Å²) >= 11 is 0. The van der Waals surface area contributed by atoms with Gasteiger partial charge in [-0.15, -0.1) is 0 Å². The van der Waals surface area contributed by atoms with E-state index in [0.29, 0.717) is 28.0 Å². The van der Waals surface area contributed by atoms with Crippen molar-refractivity contribution in [1.29, 1.82) is 0 Å². The summed E-state index contributed by atoms with van der Waals surface area (Å²) in [5.74, 6) is 0.431. The van der Waals surface area contributed by atoms with Gasteiger partial charge in [-0.1, -0.05) is 41.2 Å². The first-order valence-electron chi connectivity index (χ1n) is 13.6. The summed E-state index contributed by atoms with van der Waals surface area (Å²) in [7, 11) is 0. The van der Waals surface area contributed by atoms with Crippen LogP contribution in [0, 0.1) is 5.41 Å². The molecule has 1 fully saturated rings.